The quantitative estimate of drug-likeness (QED) is 0.654. The lowest BCUT2D eigenvalue weighted by atomic mass is 10.0. The minimum atomic E-state index is -3.91. The number of aryl methyl sites for hydroxylation is 1. The first-order valence-electron chi connectivity index (χ1n) is 9.46. The highest BCUT2D eigenvalue weighted by molar-refractivity contribution is 7.91. The molecule has 0 aliphatic rings. The van der Waals surface area contributed by atoms with Crippen LogP contribution in [0.2, 0.25) is 0 Å². The molecule has 0 atom stereocenters. The van der Waals surface area contributed by atoms with Crippen molar-refractivity contribution in [2.24, 2.45) is 0 Å². The molecule has 0 aliphatic carbocycles. The molecule has 0 fully saturated rings. The molecule has 7 nitrogen and oxygen atoms in total. The topological polar surface area (TPSA) is 98.1 Å². The van der Waals surface area contributed by atoms with Crippen molar-refractivity contribution in [3.63, 3.8) is 0 Å². The molecule has 156 valence electrons. The molecule has 0 bridgehead atoms. The van der Waals surface area contributed by atoms with Gasteiger partial charge >= 0.3 is 0 Å². The van der Waals surface area contributed by atoms with E-state index in [-0.39, 0.29) is 9.92 Å². The highest BCUT2D eigenvalue weighted by atomic mass is 32.2. The summed E-state index contributed by atoms with van der Waals surface area (Å²) in [5.74, 6) is -0.109. The van der Waals surface area contributed by atoms with Crippen LogP contribution in [0, 0.1) is 6.92 Å². The number of benzene rings is 2. The predicted octanol–water partition coefficient (Wildman–Crippen LogP) is 3.15. The fraction of sp³-hybridized carbons (Fsp3) is 0.227. The van der Waals surface area contributed by atoms with E-state index in [9.17, 15) is 18.0 Å². The summed E-state index contributed by atoms with van der Waals surface area (Å²) in [6.45, 7) is 5.60. The van der Waals surface area contributed by atoms with E-state index < -0.39 is 27.8 Å². The van der Waals surface area contributed by atoms with Gasteiger partial charge in [0.15, 0.2) is 5.03 Å². The van der Waals surface area contributed by atoms with Gasteiger partial charge < -0.3 is 5.32 Å². The van der Waals surface area contributed by atoms with Crippen molar-refractivity contribution in [2.45, 2.75) is 43.2 Å². The van der Waals surface area contributed by atoms with E-state index in [1.165, 1.54) is 12.1 Å². The first-order valence-corrected chi connectivity index (χ1v) is 10.9. The second-order valence-corrected chi connectivity index (χ2v) is 9.21. The Hall–Kier alpha value is -3.26. The summed E-state index contributed by atoms with van der Waals surface area (Å²) in [6, 6.07) is 16.0. The lowest BCUT2D eigenvalue weighted by Gasteiger charge is -2.10. The van der Waals surface area contributed by atoms with Crippen molar-refractivity contribution in [1.29, 1.82) is 0 Å². The number of aromatic nitrogens is 2. The fourth-order valence-corrected chi connectivity index (χ4v) is 4.00. The standard InChI is InChI=1S/C22H23N3O4S/c1-15(2)17-6-8-18(9-7-17)23-20(26)14-25-22(27)13-12-21(24-25)30(28,29)19-10-4-16(3)5-11-19/h4-13,15H,14H2,1-3H3,(H,23,26). The molecule has 8 heteroatoms. The number of amides is 1. The van der Waals surface area contributed by atoms with E-state index in [4.69, 9.17) is 0 Å². The molecular formula is C22H23N3O4S. The first-order chi connectivity index (χ1) is 14.2. The van der Waals surface area contributed by atoms with Crippen LogP contribution in [0.5, 0.6) is 0 Å². The van der Waals surface area contributed by atoms with Crippen molar-refractivity contribution >= 4 is 21.4 Å². The Morgan fingerprint density at radius 1 is 1.00 bits per heavy atom. The molecule has 0 radical (unpaired) electrons. The maximum atomic E-state index is 12.8. The van der Waals surface area contributed by atoms with Crippen LogP contribution >= 0.6 is 0 Å². The van der Waals surface area contributed by atoms with Gasteiger partial charge in [-0.1, -0.05) is 43.7 Å². The molecule has 2 aromatic carbocycles. The SMILES string of the molecule is Cc1ccc(S(=O)(=O)c2ccc(=O)n(CC(=O)Nc3ccc(C(C)C)cc3)n2)cc1. The summed E-state index contributed by atoms with van der Waals surface area (Å²) in [6.07, 6.45) is 0. The zero-order valence-corrected chi connectivity index (χ0v) is 17.8. The van der Waals surface area contributed by atoms with Crippen LogP contribution in [0.15, 0.2) is 75.4 Å². The molecule has 1 heterocycles. The molecule has 30 heavy (non-hydrogen) atoms. The largest absolute Gasteiger partial charge is 0.324 e. The summed E-state index contributed by atoms with van der Waals surface area (Å²) >= 11 is 0. The molecule has 0 unspecified atom stereocenters. The van der Waals surface area contributed by atoms with Gasteiger partial charge in [-0.3, -0.25) is 9.59 Å². The smallest absolute Gasteiger partial charge is 0.267 e. The van der Waals surface area contributed by atoms with Gasteiger partial charge in [0.2, 0.25) is 15.7 Å². The van der Waals surface area contributed by atoms with Crippen molar-refractivity contribution < 1.29 is 13.2 Å². The Balaban J connectivity index is 1.80. The summed E-state index contributed by atoms with van der Waals surface area (Å²) in [5.41, 5.74) is 2.08. The monoisotopic (exact) mass is 425 g/mol. The maximum Gasteiger partial charge on any atom is 0.267 e. The van der Waals surface area contributed by atoms with E-state index in [1.54, 1.807) is 24.3 Å². The van der Waals surface area contributed by atoms with Gasteiger partial charge in [0, 0.05) is 11.8 Å². The average molecular weight is 426 g/mol. The first kappa shape index (κ1) is 21.4. The summed E-state index contributed by atoms with van der Waals surface area (Å²) < 4.78 is 26.4. The van der Waals surface area contributed by atoms with E-state index in [0.717, 1.165) is 27.9 Å². The van der Waals surface area contributed by atoms with Crippen LogP contribution in [0.1, 0.15) is 30.9 Å². The number of carbonyl (C=O) groups is 1. The van der Waals surface area contributed by atoms with Gasteiger partial charge in [-0.25, -0.2) is 13.1 Å². The Morgan fingerprint density at radius 3 is 2.23 bits per heavy atom. The third-order valence-electron chi connectivity index (χ3n) is 4.60. The van der Waals surface area contributed by atoms with Crippen molar-refractivity contribution in [3.05, 3.63) is 82.1 Å². The van der Waals surface area contributed by atoms with Gasteiger partial charge in [-0.15, -0.1) is 0 Å². The van der Waals surface area contributed by atoms with E-state index in [2.05, 4.69) is 24.3 Å². The van der Waals surface area contributed by atoms with E-state index in [1.807, 2.05) is 19.1 Å². The highest BCUT2D eigenvalue weighted by Gasteiger charge is 2.21. The zero-order valence-electron chi connectivity index (χ0n) is 17.0. The number of rotatable bonds is 6. The second-order valence-electron chi connectivity index (χ2n) is 7.31. The van der Waals surface area contributed by atoms with Crippen molar-refractivity contribution in [1.82, 2.24) is 9.78 Å². The Morgan fingerprint density at radius 2 is 1.63 bits per heavy atom. The normalized spacial score (nSPS) is 11.5. The fourth-order valence-electron chi connectivity index (χ4n) is 2.81. The molecule has 3 aromatic rings. The summed E-state index contributed by atoms with van der Waals surface area (Å²) in [4.78, 5) is 24.5. The summed E-state index contributed by atoms with van der Waals surface area (Å²) in [7, 11) is -3.91. The van der Waals surface area contributed by atoms with Crippen molar-refractivity contribution in [2.75, 3.05) is 5.32 Å². The van der Waals surface area contributed by atoms with Crippen molar-refractivity contribution in [3.8, 4) is 0 Å². The van der Waals surface area contributed by atoms with Gasteiger partial charge in [0.05, 0.1) is 4.90 Å². The molecule has 1 N–H and O–H groups in total. The highest BCUT2D eigenvalue weighted by Crippen LogP contribution is 2.19. The number of carbonyl (C=O) groups excluding carboxylic acids is 1. The average Bonchev–Trinajstić information content (AvgIpc) is 2.70. The van der Waals surface area contributed by atoms with Crippen LogP contribution < -0.4 is 10.9 Å². The number of hydrogen-bond acceptors (Lipinski definition) is 5. The number of nitrogens with zero attached hydrogens (tertiary/aromatic N) is 2. The minimum absolute atomic E-state index is 0.0699. The zero-order chi connectivity index (χ0) is 21.9. The third kappa shape index (κ3) is 4.83. The number of nitrogens with one attached hydrogen (secondary N) is 1. The Bertz CT molecular complexity index is 1210. The molecular weight excluding hydrogens is 402 g/mol. The second kappa shape index (κ2) is 8.62. The maximum absolute atomic E-state index is 12.8. The number of anilines is 1. The minimum Gasteiger partial charge on any atom is -0.324 e. The molecule has 0 aliphatic heterocycles. The Kier molecular flexibility index (Phi) is 6.17. The molecule has 0 spiro atoms. The molecule has 0 saturated carbocycles. The van der Waals surface area contributed by atoms with Crippen LogP contribution in [-0.4, -0.2) is 24.1 Å². The van der Waals surface area contributed by atoms with Crippen LogP contribution in [0.4, 0.5) is 5.69 Å². The van der Waals surface area contributed by atoms with Gasteiger partial charge in [-0.05, 0) is 48.7 Å². The molecule has 1 aromatic heterocycles. The molecule has 0 saturated heterocycles. The predicted molar refractivity (Wildman–Crippen MR) is 114 cm³/mol. The van der Waals surface area contributed by atoms with E-state index in [0.29, 0.717) is 11.6 Å². The number of sulfone groups is 1. The van der Waals surface area contributed by atoms with Crippen LogP contribution in [0.25, 0.3) is 0 Å². The molecule has 3 rings (SSSR count). The lowest BCUT2D eigenvalue weighted by Crippen LogP contribution is -2.30. The van der Waals surface area contributed by atoms with E-state index >= 15 is 0 Å². The Labute approximate surface area is 175 Å². The van der Waals surface area contributed by atoms with Gasteiger partial charge in [0.1, 0.15) is 6.54 Å². The lowest BCUT2D eigenvalue weighted by molar-refractivity contribution is -0.117. The van der Waals surface area contributed by atoms with Crippen LogP contribution in [-0.2, 0) is 21.2 Å². The van der Waals surface area contributed by atoms with Gasteiger partial charge in [-0.2, -0.15) is 5.10 Å². The van der Waals surface area contributed by atoms with Gasteiger partial charge in [0.25, 0.3) is 5.56 Å². The molecule has 1 amide bonds. The van der Waals surface area contributed by atoms with Crippen LogP contribution in [0.3, 0.4) is 0 Å². The third-order valence-corrected chi connectivity index (χ3v) is 6.26. The summed E-state index contributed by atoms with van der Waals surface area (Å²) in [5, 5.41) is 6.32. The number of hydrogen-bond donors (Lipinski definition) is 1.